The summed E-state index contributed by atoms with van der Waals surface area (Å²) in [6.45, 7) is 8.02. The van der Waals surface area contributed by atoms with Crippen LogP contribution in [0.2, 0.25) is 0 Å². The average Bonchev–Trinajstić information content (AvgIpc) is 3.93. The molecule has 0 atom stereocenters. The van der Waals surface area contributed by atoms with Crippen LogP contribution in [0.5, 0.6) is 17.2 Å². The van der Waals surface area contributed by atoms with Gasteiger partial charge in [0.15, 0.2) is 0 Å². The van der Waals surface area contributed by atoms with Crippen LogP contribution >= 0.6 is 0 Å². The highest BCUT2D eigenvalue weighted by atomic mass is 16.5. The van der Waals surface area contributed by atoms with Crippen LogP contribution < -0.4 is 14.5 Å². The summed E-state index contributed by atoms with van der Waals surface area (Å²) in [6.07, 6.45) is 15.3. The second-order valence-electron chi connectivity index (χ2n) is 15.6. The summed E-state index contributed by atoms with van der Waals surface area (Å²) in [5.41, 5.74) is 11.5. The summed E-state index contributed by atoms with van der Waals surface area (Å²) < 4.78 is 18.8. The van der Waals surface area contributed by atoms with Gasteiger partial charge in [0.05, 0.1) is 6.26 Å². The number of nitrogens with zero attached hydrogens (tertiary/aromatic N) is 2. The fourth-order valence-electron chi connectivity index (χ4n) is 8.86. The molecule has 1 aliphatic rings. The van der Waals surface area contributed by atoms with E-state index in [0.29, 0.717) is 5.56 Å². The van der Waals surface area contributed by atoms with E-state index in [0.717, 1.165) is 106 Å². The highest BCUT2D eigenvalue weighted by Gasteiger charge is 2.25. The first-order valence-electron chi connectivity index (χ1n) is 21.1. The zero-order valence-electron chi connectivity index (χ0n) is 34.7. The second kappa shape index (κ2) is 15.9. The molecule has 6 heteroatoms. The van der Waals surface area contributed by atoms with E-state index >= 15 is 0 Å². The number of rotatable bonds is 11. The highest BCUT2D eigenvalue weighted by Crippen LogP contribution is 2.51. The monoisotopic (exact) mass is 828 g/mol. The molecule has 0 amide bonds. The van der Waals surface area contributed by atoms with Crippen molar-refractivity contribution < 1.29 is 18.7 Å². The molecule has 0 fully saturated rings. The molecule has 11 rings (SSSR count). The molecule has 3 heterocycles. The van der Waals surface area contributed by atoms with Crippen LogP contribution in [0.1, 0.15) is 5.56 Å². The number of para-hydroxylation sites is 3. The van der Waals surface area contributed by atoms with Crippen molar-refractivity contribution in [1.82, 2.24) is 0 Å². The quantitative estimate of drug-likeness (QED) is 0.131. The van der Waals surface area contributed by atoms with Gasteiger partial charge >= 0.3 is 0 Å². The Balaban J connectivity index is 0.967. The van der Waals surface area contributed by atoms with Crippen molar-refractivity contribution in [2.24, 2.45) is 0 Å². The lowest BCUT2D eigenvalue weighted by molar-refractivity contribution is 0.477. The second-order valence-corrected chi connectivity index (χ2v) is 15.6. The lowest BCUT2D eigenvalue weighted by Crippen LogP contribution is -2.15. The number of anilines is 4. The largest absolute Gasteiger partial charge is 0.507 e. The van der Waals surface area contributed by atoms with E-state index in [1.165, 1.54) is 0 Å². The number of benzene rings is 8. The summed E-state index contributed by atoms with van der Waals surface area (Å²) >= 11 is 0. The first-order chi connectivity index (χ1) is 31.6. The Morgan fingerprint density at radius 2 is 1.23 bits per heavy atom. The van der Waals surface area contributed by atoms with Crippen molar-refractivity contribution in [2.45, 2.75) is 0 Å². The molecule has 306 valence electrons. The number of phenols is 1. The molecule has 1 N–H and O–H groups in total. The van der Waals surface area contributed by atoms with E-state index < -0.39 is 0 Å². The predicted octanol–water partition coefficient (Wildman–Crippen LogP) is 16.4. The predicted molar refractivity (Wildman–Crippen MR) is 264 cm³/mol. The van der Waals surface area contributed by atoms with Gasteiger partial charge in [-0.05, 0) is 114 Å². The van der Waals surface area contributed by atoms with E-state index in [1.807, 2.05) is 140 Å². The molecule has 2 aromatic heterocycles. The van der Waals surface area contributed by atoms with E-state index in [2.05, 4.69) is 83.6 Å². The topological polar surface area (TPSA) is 62.2 Å². The first-order valence-corrected chi connectivity index (χ1v) is 21.1. The minimum atomic E-state index is 0.149. The van der Waals surface area contributed by atoms with Crippen molar-refractivity contribution in [1.29, 1.82) is 0 Å². The molecular weight excluding hydrogens is 789 g/mol. The molecule has 0 aliphatic carbocycles. The highest BCUT2D eigenvalue weighted by molar-refractivity contribution is 6.11. The molecule has 8 aromatic carbocycles. The number of hydrogen-bond donors (Lipinski definition) is 1. The maximum absolute atomic E-state index is 11.9. The summed E-state index contributed by atoms with van der Waals surface area (Å²) in [4.78, 5) is 4.23. The van der Waals surface area contributed by atoms with Crippen molar-refractivity contribution in [2.75, 3.05) is 9.80 Å². The molecular formula is C58H40N2O4. The number of furan rings is 2. The van der Waals surface area contributed by atoms with Crippen molar-refractivity contribution in [3.05, 3.63) is 231 Å². The summed E-state index contributed by atoms with van der Waals surface area (Å²) in [6, 6.07) is 54.9. The van der Waals surface area contributed by atoms with Gasteiger partial charge in [0.2, 0.25) is 0 Å². The van der Waals surface area contributed by atoms with Gasteiger partial charge < -0.3 is 28.5 Å². The molecule has 0 radical (unpaired) electrons. The molecule has 0 spiro atoms. The first kappa shape index (κ1) is 38.2. The van der Waals surface area contributed by atoms with Gasteiger partial charge in [-0.3, -0.25) is 0 Å². The smallest absolute Gasteiger partial charge is 0.137 e. The Morgan fingerprint density at radius 3 is 2.08 bits per heavy atom. The molecule has 64 heavy (non-hydrogen) atoms. The maximum atomic E-state index is 11.9. The van der Waals surface area contributed by atoms with Gasteiger partial charge in [-0.2, -0.15) is 0 Å². The summed E-state index contributed by atoms with van der Waals surface area (Å²) in [5, 5.41) is 17.0. The lowest BCUT2D eigenvalue weighted by atomic mass is 9.90. The normalized spacial score (nSPS) is 12.3. The Kier molecular flexibility index (Phi) is 9.52. The maximum Gasteiger partial charge on any atom is 0.137 e. The number of fused-ring (bicyclic) bond motifs is 6. The van der Waals surface area contributed by atoms with E-state index in [-0.39, 0.29) is 5.75 Å². The molecule has 0 saturated heterocycles. The number of ether oxygens (including phenoxy) is 1. The lowest BCUT2D eigenvalue weighted by Gasteiger charge is -2.27. The third-order valence-corrected chi connectivity index (χ3v) is 11.8. The van der Waals surface area contributed by atoms with Crippen LogP contribution in [0.3, 0.4) is 0 Å². The van der Waals surface area contributed by atoms with Crippen LogP contribution in [-0.2, 0) is 0 Å². The molecule has 6 nitrogen and oxygen atoms in total. The van der Waals surface area contributed by atoms with Gasteiger partial charge in [0, 0.05) is 85.0 Å². The minimum absolute atomic E-state index is 0.149. The van der Waals surface area contributed by atoms with E-state index in [9.17, 15) is 5.11 Å². The van der Waals surface area contributed by atoms with Crippen LogP contribution in [0.4, 0.5) is 22.7 Å². The third-order valence-electron chi connectivity index (χ3n) is 11.8. The van der Waals surface area contributed by atoms with Crippen LogP contribution in [-0.4, -0.2) is 5.11 Å². The minimum Gasteiger partial charge on any atom is -0.507 e. The molecule has 10 aromatic rings. The zero-order chi connectivity index (χ0) is 43.1. The number of phenolic OH excluding ortho intramolecular Hbond substituents is 1. The van der Waals surface area contributed by atoms with Gasteiger partial charge in [0.1, 0.15) is 34.0 Å². The summed E-state index contributed by atoms with van der Waals surface area (Å²) in [7, 11) is 0. The molecule has 0 saturated carbocycles. The van der Waals surface area contributed by atoms with E-state index in [1.54, 1.807) is 12.3 Å². The van der Waals surface area contributed by atoms with Crippen LogP contribution in [0.15, 0.2) is 234 Å². The molecule has 1 aliphatic heterocycles. The van der Waals surface area contributed by atoms with Crippen LogP contribution in [0.25, 0.3) is 72.0 Å². The average molecular weight is 829 g/mol. The van der Waals surface area contributed by atoms with Crippen molar-refractivity contribution in [3.8, 4) is 39.5 Å². The number of hydrogen-bond acceptors (Lipinski definition) is 6. The number of allylic oxidation sites excluding steroid dienone is 5. The molecule has 0 unspecified atom stereocenters. The Hall–Kier alpha value is -8.74. The van der Waals surface area contributed by atoms with Crippen molar-refractivity contribution in [3.63, 3.8) is 0 Å². The SMILES string of the molecule is C=CC=CC=CN(c1ccc2c(c1)Oc1ccc(-c3ccc(N(C(C=C)=Cc4coc5ccccc45)c4ccccc4)cc3O)c3cccc-2c13)c1ccc2oc3ccccc3c2c1. The van der Waals surface area contributed by atoms with Crippen LogP contribution in [0, 0.1) is 0 Å². The van der Waals surface area contributed by atoms with E-state index in [4.69, 9.17) is 13.6 Å². The van der Waals surface area contributed by atoms with Gasteiger partial charge in [-0.25, -0.2) is 0 Å². The van der Waals surface area contributed by atoms with Gasteiger partial charge in [-0.1, -0.05) is 104 Å². The fraction of sp³-hybridized carbons (Fsp3) is 0. The Bertz CT molecular complexity index is 3550. The third kappa shape index (κ3) is 6.62. The summed E-state index contributed by atoms with van der Waals surface area (Å²) in [5.74, 6) is 1.65. The standard InChI is InChI=1S/C58H40N2O4/c1-3-5-6-14-32-59(41-26-30-55-51(34-41)47-19-11-13-23-54(47)63-55)42-24-28-48-50-21-15-20-49-45(29-31-56(58(49)50)64-57(48)36-42)46-27-25-43(35-52(46)61)60(40-16-8-7-9-17-40)39(4-2)33-38-37-62-53-22-12-10-18-44(38)53/h3-37,61H,1-2H2. The Labute approximate surface area is 370 Å². The zero-order valence-corrected chi connectivity index (χ0v) is 34.7. The van der Waals surface area contributed by atoms with Crippen molar-refractivity contribution >= 4 is 72.5 Å². The van der Waals surface area contributed by atoms with Gasteiger partial charge in [-0.15, -0.1) is 0 Å². The van der Waals surface area contributed by atoms with Gasteiger partial charge in [0.25, 0.3) is 0 Å². The number of aromatic hydroxyl groups is 1. The Morgan fingerprint density at radius 1 is 0.516 bits per heavy atom. The fourth-order valence-corrected chi connectivity index (χ4v) is 8.86. The molecule has 0 bridgehead atoms.